The van der Waals surface area contributed by atoms with Crippen molar-refractivity contribution in [2.45, 2.75) is 25.7 Å². The van der Waals surface area contributed by atoms with E-state index < -0.39 is 10.0 Å². The van der Waals surface area contributed by atoms with Gasteiger partial charge in [-0.2, -0.15) is 0 Å². The number of hydrogen-bond donors (Lipinski definition) is 0. The summed E-state index contributed by atoms with van der Waals surface area (Å²) in [6.07, 6.45) is 0. The van der Waals surface area contributed by atoms with E-state index in [4.69, 9.17) is 0 Å². The first-order valence-corrected chi connectivity index (χ1v) is 10.4. The van der Waals surface area contributed by atoms with Gasteiger partial charge in [0.15, 0.2) is 0 Å². The second-order valence-electron chi connectivity index (χ2n) is 7.08. The van der Waals surface area contributed by atoms with E-state index in [1.54, 1.807) is 52.2 Å². The van der Waals surface area contributed by atoms with Gasteiger partial charge in [0.2, 0.25) is 0 Å². The van der Waals surface area contributed by atoms with E-state index in [0.717, 1.165) is 11.1 Å². The van der Waals surface area contributed by atoms with Crippen molar-refractivity contribution in [2.24, 2.45) is 0 Å². The number of hydrogen-bond acceptors (Lipinski definition) is 3. The summed E-state index contributed by atoms with van der Waals surface area (Å²) in [7, 11) is -0.556. The standard InChI is InChI=1S/C22H24N2O3S/c1-15-11-13-19(14-12-15)28(26,27)24-17(3)20(22(25)23(4)5)16(2)21(24)18-9-7-6-8-10-18/h6-14H,1-5H3. The maximum Gasteiger partial charge on any atom is 0.268 e. The fourth-order valence-electron chi connectivity index (χ4n) is 3.40. The first-order chi connectivity index (χ1) is 13.2. The van der Waals surface area contributed by atoms with Gasteiger partial charge < -0.3 is 4.90 Å². The lowest BCUT2D eigenvalue weighted by molar-refractivity contribution is 0.0826. The zero-order valence-corrected chi connectivity index (χ0v) is 17.5. The van der Waals surface area contributed by atoms with Crippen LogP contribution in [-0.2, 0) is 10.0 Å². The van der Waals surface area contributed by atoms with Gasteiger partial charge in [-0.05, 0) is 44.0 Å². The third-order valence-corrected chi connectivity index (χ3v) is 6.63. The first kappa shape index (κ1) is 19.9. The minimum Gasteiger partial charge on any atom is -0.345 e. The molecule has 6 heteroatoms. The lowest BCUT2D eigenvalue weighted by Gasteiger charge is -2.14. The van der Waals surface area contributed by atoms with Crippen molar-refractivity contribution in [2.75, 3.05) is 14.1 Å². The number of aromatic nitrogens is 1. The van der Waals surface area contributed by atoms with E-state index in [1.807, 2.05) is 37.3 Å². The van der Waals surface area contributed by atoms with Gasteiger partial charge in [-0.25, -0.2) is 12.4 Å². The molecule has 0 aliphatic heterocycles. The number of benzene rings is 2. The largest absolute Gasteiger partial charge is 0.345 e. The summed E-state index contributed by atoms with van der Waals surface area (Å²) < 4.78 is 28.4. The molecule has 0 fully saturated rings. The van der Waals surface area contributed by atoms with Crippen LogP contribution < -0.4 is 0 Å². The van der Waals surface area contributed by atoms with Crippen LogP contribution in [0.5, 0.6) is 0 Å². The molecule has 28 heavy (non-hydrogen) atoms. The first-order valence-electron chi connectivity index (χ1n) is 8.97. The van der Waals surface area contributed by atoms with Gasteiger partial charge in [0.1, 0.15) is 0 Å². The van der Waals surface area contributed by atoms with Gasteiger partial charge in [0.05, 0.1) is 16.2 Å². The lowest BCUT2D eigenvalue weighted by atomic mass is 10.0. The third-order valence-electron chi connectivity index (χ3n) is 4.83. The maximum atomic E-state index is 13.6. The van der Waals surface area contributed by atoms with E-state index in [1.165, 1.54) is 8.87 Å². The summed E-state index contributed by atoms with van der Waals surface area (Å²) in [4.78, 5) is 14.5. The van der Waals surface area contributed by atoms with Crippen LogP contribution in [0.15, 0.2) is 59.5 Å². The molecule has 0 atom stereocenters. The zero-order chi connectivity index (χ0) is 20.6. The number of carbonyl (C=O) groups is 1. The Hall–Kier alpha value is -2.86. The number of rotatable bonds is 4. The van der Waals surface area contributed by atoms with Gasteiger partial charge >= 0.3 is 0 Å². The van der Waals surface area contributed by atoms with Crippen LogP contribution in [0, 0.1) is 20.8 Å². The van der Waals surface area contributed by atoms with Crippen LogP contribution in [-0.4, -0.2) is 37.3 Å². The fraction of sp³-hybridized carbons (Fsp3) is 0.227. The van der Waals surface area contributed by atoms with E-state index in [9.17, 15) is 13.2 Å². The Bertz CT molecular complexity index is 1130. The van der Waals surface area contributed by atoms with Crippen molar-refractivity contribution in [3.63, 3.8) is 0 Å². The molecule has 0 saturated carbocycles. The number of aryl methyl sites for hydroxylation is 1. The van der Waals surface area contributed by atoms with Crippen LogP contribution in [0.25, 0.3) is 11.3 Å². The summed E-state index contributed by atoms with van der Waals surface area (Å²) in [6, 6.07) is 16.0. The van der Waals surface area contributed by atoms with Crippen molar-refractivity contribution < 1.29 is 13.2 Å². The molecule has 1 heterocycles. The Morgan fingerprint density at radius 2 is 1.46 bits per heavy atom. The highest BCUT2D eigenvalue weighted by Crippen LogP contribution is 2.35. The molecule has 146 valence electrons. The number of nitrogens with zero attached hydrogens (tertiary/aromatic N) is 2. The van der Waals surface area contributed by atoms with Gasteiger partial charge in [0, 0.05) is 19.8 Å². The molecule has 0 N–H and O–H groups in total. The molecule has 0 aliphatic rings. The SMILES string of the molecule is Cc1ccc(S(=O)(=O)n2c(C)c(C(=O)N(C)C)c(C)c2-c2ccccc2)cc1. The van der Waals surface area contributed by atoms with Crippen molar-refractivity contribution in [3.05, 3.63) is 77.0 Å². The average molecular weight is 397 g/mol. The quantitative estimate of drug-likeness (QED) is 0.669. The minimum atomic E-state index is -3.88. The molecule has 1 amide bonds. The molecule has 1 aromatic heterocycles. The molecular formula is C22H24N2O3S. The van der Waals surface area contributed by atoms with Crippen molar-refractivity contribution in [1.82, 2.24) is 8.87 Å². The monoisotopic (exact) mass is 396 g/mol. The molecule has 3 rings (SSSR count). The van der Waals surface area contributed by atoms with E-state index in [-0.39, 0.29) is 10.8 Å². The summed E-state index contributed by atoms with van der Waals surface area (Å²) in [5.74, 6) is -0.218. The summed E-state index contributed by atoms with van der Waals surface area (Å²) in [6.45, 7) is 5.39. The van der Waals surface area contributed by atoms with Crippen LogP contribution in [0.3, 0.4) is 0 Å². The molecule has 0 bridgehead atoms. The normalized spacial score (nSPS) is 11.5. The Balaban J connectivity index is 2.38. The average Bonchev–Trinajstić information content (AvgIpc) is 2.93. The molecule has 3 aromatic rings. The second-order valence-corrected chi connectivity index (χ2v) is 8.87. The summed E-state index contributed by atoms with van der Waals surface area (Å²) in [5.41, 5.74) is 3.72. The fourth-order valence-corrected chi connectivity index (χ4v) is 5.02. The van der Waals surface area contributed by atoms with Gasteiger partial charge in [-0.3, -0.25) is 4.79 Å². The van der Waals surface area contributed by atoms with Crippen LogP contribution in [0.2, 0.25) is 0 Å². The summed E-state index contributed by atoms with van der Waals surface area (Å²) in [5, 5.41) is 0. The topological polar surface area (TPSA) is 59.4 Å². The molecule has 0 spiro atoms. The highest BCUT2D eigenvalue weighted by Gasteiger charge is 2.31. The molecule has 5 nitrogen and oxygen atoms in total. The molecule has 0 radical (unpaired) electrons. The van der Waals surface area contributed by atoms with Crippen molar-refractivity contribution >= 4 is 15.9 Å². The van der Waals surface area contributed by atoms with Crippen LogP contribution in [0.4, 0.5) is 0 Å². The molecule has 2 aromatic carbocycles. The minimum absolute atomic E-state index is 0.192. The van der Waals surface area contributed by atoms with E-state index in [0.29, 0.717) is 22.5 Å². The highest BCUT2D eigenvalue weighted by molar-refractivity contribution is 7.90. The molecular weight excluding hydrogens is 372 g/mol. The maximum absolute atomic E-state index is 13.6. The van der Waals surface area contributed by atoms with Crippen molar-refractivity contribution in [3.8, 4) is 11.3 Å². The zero-order valence-electron chi connectivity index (χ0n) is 16.7. The molecule has 0 saturated heterocycles. The smallest absolute Gasteiger partial charge is 0.268 e. The summed E-state index contributed by atoms with van der Waals surface area (Å²) >= 11 is 0. The number of carbonyl (C=O) groups excluding carboxylic acids is 1. The van der Waals surface area contributed by atoms with E-state index in [2.05, 4.69) is 0 Å². The predicted octanol–water partition coefficient (Wildman–Crippen LogP) is 4.02. The third kappa shape index (κ3) is 3.24. The Labute approximate surface area is 166 Å². The Morgan fingerprint density at radius 3 is 2.00 bits per heavy atom. The van der Waals surface area contributed by atoms with Crippen molar-refractivity contribution in [1.29, 1.82) is 0 Å². The number of amides is 1. The lowest BCUT2D eigenvalue weighted by Crippen LogP contribution is -2.23. The molecule has 0 unspecified atom stereocenters. The Morgan fingerprint density at radius 1 is 0.893 bits per heavy atom. The predicted molar refractivity (Wildman–Crippen MR) is 111 cm³/mol. The van der Waals surface area contributed by atoms with Gasteiger partial charge in [-0.15, -0.1) is 0 Å². The van der Waals surface area contributed by atoms with Crippen LogP contribution >= 0.6 is 0 Å². The van der Waals surface area contributed by atoms with E-state index >= 15 is 0 Å². The molecule has 0 aliphatic carbocycles. The van der Waals surface area contributed by atoms with Crippen LogP contribution in [0.1, 0.15) is 27.2 Å². The van der Waals surface area contributed by atoms with Gasteiger partial charge in [0.25, 0.3) is 15.9 Å². The highest BCUT2D eigenvalue weighted by atomic mass is 32.2. The Kier molecular flexibility index (Phi) is 5.17. The second kappa shape index (κ2) is 7.28. The van der Waals surface area contributed by atoms with Gasteiger partial charge in [-0.1, -0.05) is 48.0 Å².